The van der Waals surface area contributed by atoms with E-state index < -0.39 is 0 Å². The van der Waals surface area contributed by atoms with Gasteiger partial charge in [-0.3, -0.25) is 5.10 Å². The van der Waals surface area contributed by atoms with Gasteiger partial charge in [-0.05, 0) is 18.6 Å². The molecule has 1 aromatic rings. The summed E-state index contributed by atoms with van der Waals surface area (Å²) >= 11 is 4.98. The molecule has 1 heterocycles. The average Bonchev–Trinajstić information content (AvgIpc) is 2.52. The third-order valence-electron chi connectivity index (χ3n) is 1.74. The number of nitrogens with zero attached hydrogens (tertiary/aromatic N) is 2. The molecule has 0 aliphatic heterocycles. The van der Waals surface area contributed by atoms with Crippen LogP contribution in [-0.4, -0.2) is 28.0 Å². The Kier molecular flexibility index (Phi) is 4.70. The van der Waals surface area contributed by atoms with E-state index in [1.807, 2.05) is 4.57 Å². The van der Waals surface area contributed by atoms with Gasteiger partial charge in [0, 0.05) is 13.2 Å². The Morgan fingerprint density at radius 2 is 2.46 bits per heavy atom. The van der Waals surface area contributed by atoms with Gasteiger partial charge >= 0.3 is 0 Å². The maximum absolute atomic E-state index is 5.39. The van der Waals surface area contributed by atoms with Crippen LogP contribution in [0.15, 0.2) is 6.33 Å². The zero-order chi connectivity index (χ0) is 9.52. The van der Waals surface area contributed by atoms with Gasteiger partial charge in [0.15, 0.2) is 4.77 Å². The van der Waals surface area contributed by atoms with Crippen molar-refractivity contribution in [2.24, 2.45) is 0 Å². The Morgan fingerprint density at radius 3 is 3.08 bits per heavy atom. The third-order valence-corrected chi connectivity index (χ3v) is 2.06. The fourth-order valence-electron chi connectivity index (χ4n) is 0.941. The summed E-state index contributed by atoms with van der Waals surface area (Å²) in [5.41, 5.74) is 0. The number of rotatable bonds is 6. The molecule has 0 aliphatic carbocycles. The first-order valence-corrected chi connectivity index (χ1v) is 4.93. The number of hydrogen-bond donors (Lipinski definition) is 1. The van der Waals surface area contributed by atoms with E-state index in [4.69, 9.17) is 17.0 Å². The highest BCUT2D eigenvalue weighted by Crippen LogP contribution is 1.91. The molecule has 0 amide bonds. The molecule has 0 spiro atoms. The number of hydrogen-bond acceptors (Lipinski definition) is 3. The zero-order valence-electron chi connectivity index (χ0n) is 7.82. The molecule has 1 aromatic heterocycles. The van der Waals surface area contributed by atoms with E-state index in [9.17, 15) is 0 Å². The minimum Gasteiger partial charge on any atom is -0.380 e. The van der Waals surface area contributed by atoms with Gasteiger partial charge in [0.1, 0.15) is 6.33 Å². The molecular weight excluding hydrogens is 186 g/mol. The SMILES string of the molecule is CCCCOCCn1cn[nH]c1=S. The second-order valence-electron chi connectivity index (χ2n) is 2.82. The summed E-state index contributed by atoms with van der Waals surface area (Å²) in [4.78, 5) is 0. The predicted octanol–water partition coefficient (Wildman–Crippen LogP) is 1.76. The topological polar surface area (TPSA) is 42.8 Å². The molecule has 0 aromatic carbocycles. The summed E-state index contributed by atoms with van der Waals surface area (Å²) in [7, 11) is 0. The molecule has 0 fully saturated rings. The fraction of sp³-hybridized carbons (Fsp3) is 0.750. The van der Waals surface area contributed by atoms with Gasteiger partial charge in [-0.15, -0.1) is 0 Å². The van der Waals surface area contributed by atoms with Crippen LogP contribution in [0, 0.1) is 4.77 Å². The third kappa shape index (κ3) is 3.69. The normalized spacial score (nSPS) is 10.5. The number of ether oxygens (including phenoxy) is 1. The van der Waals surface area contributed by atoms with Gasteiger partial charge in [-0.2, -0.15) is 5.10 Å². The summed E-state index contributed by atoms with van der Waals surface area (Å²) in [6, 6.07) is 0. The van der Waals surface area contributed by atoms with Crippen LogP contribution in [0.1, 0.15) is 19.8 Å². The van der Waals surface area contributed by atoms with E-state index in [-0.39, 0.29) is 0 Å². The van der Waals surface area contributed by atoms with Crippen LogP contribution in [0.3, 0.4) is 0 Å². The average molecular weight is 201 g/mol. The molecule has 13 heavy (non-hydrogen) atoms. The van der Waals surface area contributed by atoms with Gasteiger partial charge in [-0.1, -0.05) is 13.3 Å². The van der Waals surface area contributed by atoms with Crippen molar-refractivity contribution in [2.75, 3.05) is 13.2 Å². The summed E-state index contributed by atoms with van der Waals surface area (Å²) in [5.74, 6) is 0. The van der Waals surface area contributed by atoms with E-state index in [1.165, 1.54) is 6.42 Å². The summed E-state index contributed by atoms with van der Waals surface area (Å²) in [5, 5.41) is 6.51. The standard InChI is InChI=1S/C8H15N3OS/c1-2-3-5-12-6-4-11-7-9-10-8(11)13/h7H,2-6H2,1H3,(H,10,13). The lowest BCUT2D eigenvalue weighted by Crippen LogP contribution is -2.05. The first-order valence-electron chi connectivity index (χ1n) is 4.52. The van der Waals surface area contributed by atoms with Crippen LogP contribution in [0.2, 0.25) is 0 Å². The molecule has 0 saturated carbocycles. The molecule has 1 N–H and O–H groups in total. The van der Waals surface area contributed by atoms with Crippen LogP contribution < -0.4 is 0 Å². The Hall–Kier alpha value is -0.680. The molecule has 5 heteroatoms. The molecule has 4 nitrogen and oxygen atoms in total. The Labute approximate surface area is 82.9 Å². The Bertz CT molecular complexity index is 281. The van der Waals surface area contributed by atoms with Crippen molar-refractivity contribution >= 4 is 12.2 Å². The Balaban J connectivity index is 2.13. The molecular formula is C8H15N3OS. The van der Waals surface area contributed by atoms with Crippen LogP contribution in [0.4, 0.5) is 0 Å². The van der Waals surface area contributed by atoms with E-state index in [0.717, 1.165) is 19.6 Å². The van der Waals surface area contributed by atoms with Crippen LogP contribution in [-0.2, 0) is 11.3 Å². The highest BCUT2D eigenvalue weighted by Gasteiger charge is 1.93. The minimum atomic E-state index is 0.652. The van der Waals surface area contributed by atoms with Crippen molar-refractivity contribution < 1.29 is 4.74 Å². The van der Waals surface area contributed by atoms with E-state index in [0.29, 0.717) is 11.4 Å². The van der Waals surface area contributed by atoms with Crippen molar-refractivity contribution in [1.82, 2.24) is 14.8 Å². The van der Waals surface area contributed by atoms with Gasteiger partial charge in [0.05, 0.1) is 6.61 Å². The van der Waals surface area contributed by atoms with Crippen molar-refractivity contribution in [1.29, 1.82) is 0 Å². The lowest BCUT2D eigenvalue weighted by molar-refractivity contribution is 0.123. The maximum atomic E-state index is 5.39. The number of H-pyrrole nitrogens is 1. The molecule has 1 rings (SSSR count). The van der Waals surface area contributed by atoms with E-state index in [1.54, 1.807) is 6.33 Å². The van der Waals surface area contributed by atoms with Crippen molar-refractivity contribution in [2.45, 2.75) is 26.3 Å². The van der Waals surface area contributed by atoms with Crippen molar-refractivity contribution in [3.8, 4) is 0 Å². The molecule has 0 saturated heterocycles. The number of aromatic nitrogens is 3. The highest BCUT2D eigenvalue weighted by atomic mass is 32.1. The lowest BCUT2D eigenvalue weighted by atomic mass is 10.4. The molecule has 0 atom stereocenters. The smallest absolute Gasteiger partial charge is 0.195 e. The van der Waals surface area contributed by atoms with Crippen LogP contribution in [0.25, 0.3) is 0 Å². The summed E-state index contributed by atoms with van der Waals surface area (Å²) < 4.78 is 7.91. The fourth-order valence-corrected chi connectivity index (χ4v) is 1.13. The number of aromatic amines is 1. The minimum absolute atomic E-state index is 0.652. The molecule has 0 aliphatic rings. The molecule has 74 valence electrons. The van der Waals surface area contributed by atoms with Crippen LogP contribution >= 0.6 is 12.2 Å². The zero-order valence-corrected chi connectivity index (χ0v) is 8.64. The largest absolute Gasteiger partial charge is 0.380 e. The monoisotopic (exact) mass is 201 g/mol. The Morgan fingerprint density at radius 1 is 1.62 bits per heavy atom. The van der Waals surface area contributed by atoms with Gasteiger partial charge in [0.2, 0.25) is 0 Å². The second-order valence-corrected chi connectivity index (χ2v) is 3.21. The summed E-state index contributed by atoms with van der Waals surface area (Å²) in [6.45, 7) is 4.46. The number of unbranched alkanes of at least 4 members (excludes halogenated alkanes) is 1. The molecule has 0 bridgehead atoms. The van der Waals surface area contributed by atoms with Gasteiger partial charge in [0.25, 0.3) is 0 Å². The highest BCUT2D eigenvalue weighted by molar-refractivity contribution is 7.71. The molecule has 0 radical (unpaired) electrons. The van der Waals surface area contributed by atoms with Crippen molar-refractivity contribution in [3.63, 3.8) is 0 Å². The maximum Gasteiger partial charge on any atom is 0.195 e. The van der Waals surface area contributed by atoms with E-state index in [2.05, 4.69) is 17.1 Å². The summed E-state index contributed by atoms with van der Waals surface area (Å²) in [6.07, 6.45) is 3.98. The predicted molar refractivity (Wildman–Crippen MR) is 53.1 cm³/mol. The first kappa shape index (κ1) is 10.4. The number of nitrogens with one attached hydrogen (secondary N) is 1. The van der Waals surface area contributed by atoms with E-state index >= 15 is 0 Å². The van der Waals surface area contributed by atoms with Gasteiger partial charge in [-0.25, -0.2) is 0 Å². The van der Waals surface area contributed by atoms with Crippen molar-refractivity contribution in [3.05, 3.63) is 11.1 Å². The first-order chi connectivity index (χ1) is 6.34. The lowest BCUT2D eigenvalue weighted by Gasteiger charge is -2.02. The van der Waals surface area contributed by atoms with Crippen LogP contribution in [0.5, 0.6) is 0 Å². The second kappa shape index (κ2) is 5.88. The quantitative estimate of drug-likeness (QED) is 0.563. The molecule has 0 unspecified atom stereocenters. The van der Waals surface area contributed by atoms with Gasteiger partial charge < -0.3 is 9.30 Å².